The Morgan fingerprint density at radius 2 is 1.85 bits per heavy atom. The van der Waals surface area contributed by atoms with Crippen molar-refractivity contribution in [1.29, 1.82) is 0 Å². The lowest BCUT2D eigenvalue weighted by Crippen LogP contribution is -2.29. The average molecular weight is 357 g/mol. The molecule has 0 aliphatic carbocycles. The Morgan fingerprint density at radius 1 is 1.12 bits per heavy atom. The summed E-state index contributed by atoms with van der Waals surface area (Å²) in [4.78, 5) is 7.01. The zero-order chi connectivity index (χ0) is 18.5. The summed E-state index contributed by atoms with van der Waals surface area (Å²) in [6.07, 6.45) is 3.06. The fourth-order valence-electron chi connectivity index (χ4n) is 3.43. The largest absolute Gasteiger partial charge is 0.493 e. The molecular formula is C20H27N3O3. The van der Waals surface area contributed by atoms with E-state index in [9.17, 15) is 0 Å². The molecule has 1 unspecified atom stereocenters. The molecule has 1 fully saturated rings. The van der Waals surface area contributed by atoms with Gasteiger partial charge in [0, 0.05) is 37.4 Å². The third kappa shape index (κ3) is 3.92. The van der Waals surface area contributed by atoms with Crippen molar-refractivity contribution in [2.24, 2.45) is 0 Å². The minimum absolute atomic E-state index is 0.588. The summed E-state index contributed by atoms with van der Waals surface area (Å²) >= 11 is 0. The van der Waals surface area contributed by atoms with Crippen molar-refractivity contribution in [1.82, 2.24) is 15.2 Å². The Morgan fingerprint density at radius 3 is 2.42 bits per heavy atom. The standard InChI is InChI=1S/C20H27N3O3/c1-21-16-6-8-23(13-16)12-14-5-7-22-17(9-14)15-10-18(24-2)20(26-4)19(11-15)25-3/h5,7,9-11,16,21H,6,8,12-13H2,1-4H3. The number of nitrogens with one attached hydrogen (secondary N) is 1. The molecule has 0 amide bonds. The third-order valence-corrected chi connectivity index (χ3v) is 4.87. The maximum Gasteiger partial charge on any atom is 0.203 e. The van der Waals surface area contributed by atoms with E-state index in [0.29, 0.717) is 23.3 Å². The summed E-state index contributed by atoms with van der Waals surface area (Å²) in [5.74, 6) is 1.85. The lowest BCUT2D eigenvalue weighted by molar-refractivity contribution is 0.322. The van der Waals surface area contributed by atoms with Gasteiger partial charge in [-0.15, -0.1) is 0 Å². The number of nitrogens with zero attached hydrogens (tertiary/aromatic N) is 2. The van der Waals surface area contributed by atoms with Crippen LogP contribution in [0, 0.1) is 0 Å². The molecule has 1 atom stereocenters. The number of hydrogen-bond acceptors (Lipinski definition) is 6. The van der Waals surface area contributed by atoms with Crippen LogP contribution in [0.4, 0.5) is 0 Å². The molecule has 1 N–H and O–H groups in total. The van der Waals surface area contributed by atoms with Gasteiger partial charge in [0.05, 0.1) is 27.0 Å². The van der Waals surface area contributed by atoms with Gasteiger partial charge in [-0.1, -0.05) is 0 Å². The van der Waals surface area contributed by atoms with E-state index in [4.69, 9.17) is 14.2 Å². The minimum Gasteiger partial charge on any atom is -0.493 e. The monoisotopic (exact) mass is 357 g/mol. The molecule has 1 aliphatic rings. The second-order valence-electron chi connectivity index (χ2n) is 6.47. The van der Waals surface area contributed by atoms with Crippen molar-refractivity contribution < 1.29 is 14.2 Å². The molecule has 1 aliphatic heterocycles. The van der Waals surface area contributed by atoms with Gasteiger partial charge in [0.25, 0.3) is 0 Å². The van der Waals surface area contributed by atoms with E-state index in [2.05, 4.69) is 27.3 Å². The minimum atomic E-state index is 0.588. The van der Waals surface area contributed by atoms with Gasteiger partial charge in [-0.2, -0.15) is 0 Å². The quantitative estimate of drug-likeness (QED) is 0.822. The molecule has 1 aromatic heterocycles. The fourth-order valence-corrected chi connectivity index (χ4v) is 3.43. The molecule has 2 heterocycles. The van der Waals surface area contributed by atoms with Crippen LogP contribution in [0.3, 0.4) is 0 Å². The first kappa shape index (κ1) is 18.5. The molecule has 0 spiro atoms. The number of aromatic nitrogens is 1. The Labute approximate surface area is 155 Å². The van der Waals surface area contributed by atoms with Gasteiger partial charge >= 0.3 is 0 Å². The van der Waals surface area contributed by atoms with Gasteiger partial charge in [0.1, 0.15) is 0 Å². The van der Waals surface area contributed by atoms with Crippen molar-refractivity contribution in [3.8, 4) is 28.5 Å². The zero-order valence-corrected chi connectivity index (χ0v) is 15.9. The number of methoxy groups -OCH3 is 3. The van der Waals surface area contributed by atoms with Gasteiger partial charge < -0.3 is 19.5 Å². The van der Waals surface area contributed by atoms with Crippen molar-refractivity contribution in [2.75, 3.05) is 41.5 Å². The number of hydrogen-bond donors (Lipinski definition) is 1. The number of rotatable bonds is 7. The molecule has 1 saturated heterocycles. The lowest BCUT2D eigenvalue weighted by atomic mass is 10.1. The van der Waals surface area contributed by atoms with E-state index in [1.807, 2.05) is 25.4 Å². The lowest BCUT2D eigenvalue weighted by Gasteiger charge is -2.17. The number of ether oxygens (including phenoxy) is 3. The maximum atomic E-state index is 5.45. The van der Waals surface area contributed by atoms with E-state index >= 15 is 0 Å². The van der Waals surface area contributed by atoms with Crippen LogP contribution < -0.4 is 19.5 Å². The number of pyridine rings is 1. The highest BCUT2D eigenvalue weighted by molar-refractivity contribution is 5.69. The zero-order valence-electron chi connectivity index (χ0n) is 15.9. The van der Waals surface area contributed by atoms with Crippen LogP contribution in [0.25, 0.3) is 11.3 Å². The van der Waals surface area contributed by atoms with E-state index in [-0.39, 0.29) is 0 Å². The number of likely N-dealkylation sites (tertiary alicyclic amines) is 1. The third-order valence-electron chi connectivity index (χ3n) is 4.87. The van der Waals surface area contributed by atoms with Crippen LogP contribution >= 0.6 is 0 Å². The average Bonchev–Trinajstić information content (AvgIpc) is 3.14. The SMILES string of the molecule is CNC1CCN(Cc2ccnc(-c3cc(OC)c(OC)c(OC)c3)c2)C1. The first-order valence-corrected chi connectivity index (χ1v) is 8.83. The van der Waals surface area contributed by atoms with Crippen molar-refractivity contribution >= 4 is 0 Å². The van der Waals surface area contributed by atoms with Crippen LogP contribution in [-0.2, 0) is 6.54 Å². The maximum absolute atomic E-state index is 5.45. The summed E-state index contributed by atoms with van der Waals surface area (Å²) in [6.45, 7) is 3.13. The van der Waals surface area contributed by atoms with E-state index in [1.165, 1.54) is 12.0 Å². The van der Waals surface area contributed by atoms with Crippen LogP contribution in [0.15, 0.2) is 30.5 Å². The predicted octanol–water partition coefficient (Wildman–Crippen LogP) is 2.57. The first-order valence-electron chi connectivity index (χ1n) is 8.83. The van der Waals surface area contributed by atoms with E-state index in [0.717, 1.165) is 30.9 Å². The molecule has 3 rings (SSSR count). The van der Waals surface area contributed by atoms with Gasteiger partial charge in [0.15, 0.2) is 11.5 Å². The summed E-state index contributed by atoms with van der Waals surface area (Å²) in [5.41, 5.74) is 3.09. The smallest absolute Gasteiger partial charge is 0.203 e. The number of likely N-dealkylation sites (N-methyl/N-ethyl adjacent to an activating group) is 1. The normalized spacial score (nSPS) is 17.3. The molecule has 0 radical (unpaired) electrons. The number of benzene rings is 1. The van der Waals surface area contributed by atoms with E-state index < -0.39 is 0 Å². The Kier molecular flexibility index (Phi) is 5.96. The molecule has 1 aromatic carbocycles. The van der Waals surface area contributed by atoms with Crippen LogP contribution in [0.5, 0.6) is 17.2 Å². The van der Waals surface area contributed by atoms with Crippen molar-refractivity contribution in [3.63, 3.8) is 0 Å². The highest BCUT2D eigenvalue weighted by atomic mass is 16.5. The molecule has 140 valence electrons. The molecule has 6 heteroatoms. The van der Waals surface area contributed by atoms with Crippen molar-refractivity contribution in [2.45, 2.75) is 19.0 Å². The Bertz CT molecular complexity index is 726. The van der Waals surface area contributed by atoms with Gasteiger partial charge in [0.2, 0.25) is 5.75 Å². The molecule has 2 aromatic rings. The molecular weight excluding hydrogens is 330 g/mol. The highest BCUT2D eigenvalue weighted by Gasteiger charge is 2.21. The highest BCUT2D eigenvalue weighted by Crippen LogP contribution is 2.40. The second kappa shape index (κ2) is 8.38. The Hall–Kier alpha value is -2.31. The van der Waals surface area contributed by atoms with Crippen LogP contribution in [-0.4, -0.2) is 57.4 Å². The predicted molar refractivity (Wildman–Crippen MR) is 102 cm³/mol. The fraction of sp³-hybridized carbons (Fsp3) is 0.450. The topological polar surface area (TPSA) is 55.9 Å². The molecule has 0 bridgehead atoms. The van der Waals surface area contributed by atoms with E-state index in [1.54, 1.807) is 21.3 Å². The molecule has 26 heavy (non-hydrogen) atoms. The first-order chi connectivity index (χ1) is 12.7. The van der Waals surface area contributed by atoms with Crippen LogP contribution in [0.1, 0.15) is 12.0 Å². The van der Waals surface area contributed by atoms with Gasteiger partial charge in [-0.3, -0.25) is 9.88 Å². The Balaban J connectivity index is 1.86. The van der Waals surface area contributed by atoms with Gasteiger partial charge in [-0.05, 0) is 43.3 Å². The summed E-state index contributed by atoms with van der Waals surface area (Å²) in [6, 6.07) is 8.66. The van der Waals surface area contributed by atoms with Crippen LogP contribution in [0.2, 0.25) is 0 Å². The molecule has 0 saturated carbocycles. The summed E-state index contributed by atoms with van der Waals surface area (Å²) in [5, 5.41) is 3.36. The van der Waals surface area contributed by atoms with Crippen molar-refractivity contribution in [3.05, 3.63) is 36.0 Å². The van der Waals surface area contributed by atoms with Gasteiger partial charge in [-0.25, -0.2) is 0 Å². The summed E-state index contributed by atoms with van der Waals surface area (Å²) < 4.78 is 16.3. The summed E-state index contributed by atoms with van der Waals surface area (Å²) in [7, 11) is 6.88. The second-order valence-corrected chi connectivity index (χ2v) is 6.47. The molecule has 6 nitrogen and oxygen atoms in total.